The smallest absolute Gasteiger partial charge is 0.0454 e. The van der Waals surface area contributed by atoms with Crippen LogP contribution < -0.4 is 5.32 Å². The molecule has 0 saturated carbocycles. The molecule has 0 aliphatic rings. The van der Waals surface area contributed by atoms with Gasteiger partial charge in [0.1, 0.15) is 0 Å². The number of halogens is 2. The molecule has 1 rings (SSSR count). The Morgan fingerprint density at radius 3 is 2.62 bits per heavy atom. The Kier molecular flexibility index (Phi) is 5.56. The van der Waals surface area contributed by atoms with Crippen LogP contribution in [-0.2, 0) is 0 Å². The molecule has 0 bridgehead atoms. The molecule has 0 heterocycles. The first-order valence-electron chi connectivity index (χ1n) is 5.36. The van der Waals surface area contributed by atoms with Gasteiger partial charge in [0, 0.05) is 28.7 Å². The topological polar surface area (TPSA) is 32.3 Å². The van der Waals surface area contributed by atoms with Crippen molar-refractivity contribution in [3.63, 3.8) is 0 Å². The van der Waals surface area contributed by atoms with Gasteiger partial charge in [0.2, 0.25) is 0 Å². The Morgan fingerprint density at radius 2 is 2.00 bits per heavy atom. The Hall–Kier alpha value is -0.280. The summed E-state index contributed by atoms with van der Waals surface area (Å²) in [5, 5.41) is 13.6. The van der Waals surface area contributed by atoms with E-state index in [1.807, 2.05) is 19.9 Å². The van der Waals surface area contributed by atoms with Gasteiger partial charge in [-0.3, -0.25) is 0 Å². The molecule has 2 nitrogen and oxygen atoms in total. The van der Waals surface area contributed by atoms with E-state index in [2.05, 4.69) is 5.32 Å². The van der Waals surface area contributed by atoms with E-state index in [1.54, 1.807) is 12.1 Å². The van der Waals surface area contributed by atoms with Crippen molar-refractivity contribution in [1.82, 2.24) is 5.32 Å². The van der Waals surface area contributed by atoms with Gasteiger partial charge in [-0.05, 0) is 44.0 Å². The largest absolute Gasteiger partial charge is 0.396 e. The highest BCUT2D eigenvalue weighted by molar-refractivity contribution is 6.33. The van der Waals surface area contributed by atoms with Crippen molar-refractivity contribution in [3.8, 4) is 0 Å². The Bertz CT molecular complexity index is 344. The van der Waals surface area contributed by atoms with Crippen LogP contribution in [0.3, 0.4) is 0 Å². The van der Waals surface area contributed by atoms with Crippen molar-refractivity contribution >= 4 is 23.2 Å². The quantitative estimate of drug-likeness (QED) is 0.852. The van der Waals surface area contributed by atoms with Crippen LogP contribution in [0.4, 0.5) is 0 Å². The number of aliphatic hydroxyl groups excluding tert-OH is 1. The van der Waals surface area contributed by atoms with Crippen molar-refractivity contribution in [3.05, 3.63) is 33.8 Å². The lowest BCUT2D eigenvalue weighted by molar-refractivity contribution is 0.264. The molecule has 1 aromatic carbocycles. The number of rotatable bonds is 5. The van der Waals surface area contributed by atoms with Gasteiger partial charge in [-0.2, -0.15) is 0 Å². The third-order valence-electron chi connectivity index (χ3n) is 2.52. The summed E-state index contributed by atoms with van der Waals surface area (Å²) in [5.74, 6) is 0. The molecule has 0 aliphatic heterocycles. The van der Waals surface area contributed by atoms with Crippen molar-refractivity contribution in [2.45, 2.75) is 32.4 Å². The molecular weight excluding hydrogens is 245 g/mol. The highest BCUT2D eigenvalue weighted by Crippen LogP contribution is 2.26. The maximum Gasteiger partial charge on any atom is 0.0454 e. The van der Waals surface area contributed by atoms with Gasteiger partial charge >= 0.3 is 0 Å². The zero-order valence-electron chi connectivity index (χ0n) is 9.50. The van der Waals surface area contributed by atoms with Gasteiger partial charge in [0.05, 0.1) is 0 Å². The summed E-state index contributed by atoms with van der Waals surface area (Å²) in [6.45, 7) is 4.25. The first-order valence-corrected chi connectivity index (χ1v) is 6.12. The van der Waals surface area contributed by atoms with E-state index in [0.29, 0.717) is 10.0 Å². The fourth-order valence-corrected chi connectivity index (χ4v) is 2.10. The second kappa shape index (κ2) is 6.45. The number of nitrogens with one attached hydrogen (secondary N) is 1. The molecule has 1 aromatic rings. The third-order valence-corrected chi connectivity index (χ3v) is 3.10. The monoisotopic (exact) mass is 261 g/mol. The first-order chi connectivity index (χ1) is 7.54. The SMILES string of the molecule is CC(N[C@H](C)CCO)c1cc(Cl)ccc1Cl. The maximum atomic E-state index is 8.83. The molecule has 2 atom stereocenters. The van der Waals surface area contributed by atoms with Gasteiger partial charge in [-0.1, -0.05) is 23.2 Å². The molecule has 1 unspecified atom stereocenters. The Balaban J connectivity index is 2.72. The minimum Gasteiger partial charge on any atom is -0.396 e. The molecule has 0 spiro atoms. The normalized spacial score (nSPS) is 14.8. The minimum atomic E-state index is 0.118. The van der Waals surface area contributed by atoms with Crippen molar-refractivity contribution < 1.29 is 5.11 Å². The van der Waals surface area contributed by atoms with E-state index in [9.17, 15) is 0 Å². The van der Waals surface area contributed by atoms with E-state index in [0.717, 1.165) is 12.0 Å². The van der Waals surface area contributed by atoms with Crippen LogP contribution >= 0.6 is 23.2 Å². The zero-order chi connectivity index (χ0) is 12.1. The summed E-state index contributed by atoms with van der Waals surface area (Å²) in [6, 6.07) is 5.81. The Labute approximate surface area is 107 Å². The fraction of sp³-hybridized carbons (Fsp3) is 0.500. The summed E-state index contributed by atoms with van der Waals surface area (Å²) in [6.07, 6.45) is 0.725. The predicted octanol–water partition coefficient (Wildman–Crippen LogP) is 3.41. The molecule has 0 saturated heterocycles. The standard InChI is InChI=1S/C12H17Cl2NO/c1-8(5-6-16)15-9(2)11-7-10(13)3-4-12(11)14/h3-4,7-9,15-16H,5-6H2,1-2H3/t8-,9?/m1/s1. The van der Waals surface area contributed by atoms with E-state index in [4.69, 9.17) is 28.3 Å². The average molecular weight is 262 g/mol. The highest BCUT2D eigenvalue weighted by Gasteiger charge is 2.12. The van der Waals surface area contributed by atoms with Gasteiger partial charge in [0.15, 0.2) is 0 Å². The molecule has 0 radical (unpaired) electrons. The molecule has 90 valence electrons. The summed E-state index contributed by atoms with van der Waals surface area (Å²) >= 11 is 12.0. The third kappa shape index (κ3) is 3.95. The number of aliphatic hydroxyl groups is 1. The molecule has 0 fully saturated rings. The van der Waals surface area contributed by atoms with Crippen molar-refractivity contribution in [1.29, 1.82) is 0 Å². The summed E-state index contributed by atoms with van der Waals surface area (Å²) in [4.78, 5) is 0. The molecular formula is C12H17Cl2NO. The average Bonchev–Trinajstić information content (AvgIpc) is 2.21. The van der Waals surface area contributed by atoms with Gasteiger partial charge < -0.3 is 10.4 Å². The summed E-state index contributed by atoms with van der Waals surface area (Å²) in [5.41, 5.74) is 0.985. The second-order valence-electron chi connectivity index (χ2n) is 3.97. The van der Waals surface area contributed by atoms with Crippen molar-refractivity contribution in [2.75, 3.05) is 6.61 Å². The van der Waals surface area contributed by atoms with E-state index in [1.165, 1.54) is 0 Å². The molecule has 16 heavy (non-hydrogen) atoms. The maximum absolute atomic E-state index is 8.83. The number of benzene rings is 1. The number of hydrogen-bond acceptors (Lipinski definition) is 2. The fourth-order valence-electron chi connectivity index (χ4n) is 1.64. The predicted molar refractivity (Wildman–Crippen MR) is 69.2 cm³/mol. The highest BCUT2D eigenvalue weighted by atomic mass is 35.5. The molecule has 4 heteroatoms. The van der Waals surface area contributed by atoms with E-state index < -0.39 is 0 Å². The molecule has 0 aromatic heterocycles. The van der Waals surface area contributed by atoms with Crippen LogP contribution in [0.2, 0.25) is 10.0 Å². The van der Waals surface area contributed by atoms with Crippen LogP contribution in [-0.4, -0.2) is 17.8 Å². The van der Waals surface area contributed by atoms with E-state index in [-0.39, 0.29) is 18.7 Å². The van der Waals surface area contributed by atoms with Crippen LogP contribution in [0.1, 0.15) is 31.9 Å². The molecule has 0 aliphatic carbocycles. The van der Waals surface area contributed by atoms with Crippen LogP contribution in [0.25, 0.3) is 0 Å². The van der Waals surface area contributed by atoms with Gasteiger partial charge in [0.25, 0.3) is 0 Å². The number of hydrogen-bond donors (Lipinski definition) is 2. The Morgan fingerprint density at radius 1 is 1.31 bits per heavy atom. The first kappa shape index (κ1) is 13.8. The molecule has 2 N–H and O–H groups in total. The lowest BCUT2D eigenvalue weighted by atomic mass is 10.1. The molecule has 0 amide bonds. The zero-order valence-corrected chi connectivity index (χ0v) is 11.0. The summed E-state index contributed by atoms with van der Waals surface area (Å²) in [7, 11) is 0. The van der Waals surface area contributed by atoms with Crippen LogP contribution in [0.5, 0.6) is 0 Å². The van der Waals surface area contributed by atoms with Gasteiger partial charge in [-0.25, -0.2) is 0 Å². The van der Waals surface area contributed by atoms with Crippen molar-refractivity contribution in [2.24, 2.45) is 0 Å². The van der Waals surface area contributed by atoms with Crippen LogP contribution in [0, 0.1) is 0 Å². The second-order valence-corrected chi connectivity index (χ2v) is 4.81. The lowest BCUT2D eigenvalue weighted by Crippen LogP contribution is -2.29. The lowest BCUT2D eigenvalue weighted by Gasteiger charge is -2.20. The van der Waals surface area contributed by atoms with Crippen LogP contribution in [0.15, 0.2) is 18.2 Å². The van der Waals surface area contributed by atoms with E-state index >= 15 is 0 Å². The minimum absolute atomic E-state index is 0.118. The summed E-state index contributed by atoms with van der Waals surface area (Å²) < 4.78 is 0. The van der Waals surface area contributed by atoms with Gasteiger partial charge in [-0.15, -0.1) is 0 Å².